The van der Waals surface area contributed by atoms with E-state index >= 15 is 17.6 Å². The molecule has 2 saturated heterocycles. The Bertz CT molecular complexity index is 4100. The number of ether oxygens (including phenoxy) is 2. The van der Waals surface area contributed by atoms with E-state index in [0.717, 1.165) is 88.3 Å². The van der Waals surface area contributed by atoms with Crippen molar-refractivity contribution in [3.63, 3.8) is 0 Å². The van der Waals surface area contributed by atoms with E-state index in [1.807, 2.05) is 31.5 Å². The van der Waals surface area contributed by atoms with Gasteiger partial charge in [0.1, 0.15) is 59.8 Å². The normalized spacial score (nSPS) is 12.9. The summed E-state index contributed by atoms with van der Waals surface area (Å²) in [6, 6.07) is 34.6. The van der Waals surface area contributed by atoms with Gasteiger partial charge in [-0.25, -0.2) is 65.2 Å². The monoisotopic (exact) mass is 1170 g/mol. The maximum atomic E-state index is 15.5. The molecule has 0 aliphatic carbocycles. The van der Waals surface area contributed by atoms with E-state index in [0.29, 0.717) is 33.7 Å². The molecule has 6 heterocycles. The number of carbonyl (C=O) groups is 2. The molecular weight excluding hydrogens is 1120 g/mol. The van der Waals surface area contributed by atoms with Gasteiger partial charge in [-0.15, -0.1) is 0 Å². The van der Waals surface area contributed by atoms with Crippen LogP contribution in [-0.4, -0.2) is 77.6 Å². The minimum Gasteiger partial charge on any atom is -0.478 e. The Hall–Kier alpha value is -10.7. The zero-order chi connectivity index (χ0) is 60.2. The van der Waals surface area contributed by atoms with Crippen molar-refractivity contribution in [2.75, 3.05) is 36.2 Å². The average molecular weight is 1170 g/mol. The third-order valence-corrected chi connectivity index (χ3v) is 14.7. The molecule has 12 rings (SSSR count). The van der Waals surface area contributed by atoms with Crippen molar-refractivity contribution in [3.05, 3.63) is 225 Å². The Kier molecular flexibility index (Phi) is 16.3. The zero-order valence-electron chi connectivity index (χ0n) is 45.5. The summed E-state index contributed by atoms with van der Waals surface area (Å²) < 4.78 is 105. The van der Waals surface area contributed by atoms with Crippen molar-refractivity contribution in [2.45, 2.75) is 51.7 Å². The molecule has 0 bridgehead atoms. The van der Waals surface area contributed by atoms with E-state index in [1.165, 1.54) is 60.7 Å². The summed E-state index contributed by atoms with van der Waals surface area (Å²) in [6.07, 6.45) is 3.76. The number of pyridine rings is 2. The minimum absolute atomic E-state index is 0.0245. The Morgan fingerprint density at radius 3 is 1.23 bits per heavy atom. The second kappa shape index (κ2) is 24.6. The number of fused-ring (bicyclic) bond motifs is 2. The van der Waals surface area contributed by atoms with Gasteiger partial charge in [-0.1, -0.05) is 24.3 Å². The Labute approximate surface area is 486 Å². The van der Waals surface area contributed by atoms with Gasteiger partial charge < -0.3 is 29.7 Å². The lowest BCUT2D eigenvalue weighted by atomic mass is 10.0. The van der Waals surface area contributed by atoms with Gasteiger partial charge in [-0.05, 0) is 134 Å². The maximum absolute atomic E-state index is 15.5. The molecule has 0 saturated carbocycles. The first-order valence-electron chi connectivity index (χ1n) is 27.1. The number of aromatic nitrogens is 6. The van der Waals surface area contributed by atoms with Crippen molar-refractivity contribution < 1.29 is 55.6 Å². The van der Waals surface area contributed by atoms with Crippen LogP contribution in [0.15, 0.2) is 133 Å². The van der Waals surface area contributed by atoms with Crippen LogP contribution in [0.3, 0.4) is 0 Å². The van der Waals surface area contributed by atoms with Crippen molar-refractivity contribution >= 4 is 34.0 Å². The molecule has 2 aliphatic rings. The van der Waals surface area contributed by atoms with Gasteiger partial charge >= 0.3 is 11.9 Å². The summed E-state index contributed by atoms with van der Waals surface area (Å²) in [7, 11) is 0. The molecule has 432 valence electrons. The SMILES string of the molecule is N#Cc1ccc(COc2cccc(-c3cc(F)c(Cc4nc5ccc(C(=O)O)cc5n4N4CCCC4)cc3F)n2)c(F)c1.N#Cc1ccc(COc2cccc(-c3cc(F)c(Cc4nc5ccc(C(=O)O)cc5n4N4CCCC4)cc3F)n2)c(F)c1. The fourth-order valence-corrected chi connectivity index (χ4v) is 10.4. The second-order valence-electron chi connectivity index (χ2n) is 20.4. The molecule has 10 aromatic rings. The number of nitrogens with zero attached hydrogens (tertiary/aromatic N) is 10. The smallest absolute Gasteiger partial charge is 0.335 e. The first-order chi connectivity index (χ1) is 41.6. The quantitative estimate of drug-likeness (QED) is 0.0863. The van der Waals surface area contributed by atoms with Crippen LogP contribution < -0.4 is 19.5 Å². The van der Waals surface area contributed by atoms with Crippen LogP contribution in [-0.2, 0) is 26.1 Å². The molecule has 2 N–H and O–H groups in total. The van der Waals surface area contributed by atoms with E-state index in [4.69, 9.17) is 20.0 Å². The summed E-state index contributed by atoms with van der Waals surface area (Å²) in [5.41, 5.74) is 3.61. The van der Waals surface area contributed by atoms with Gasteiger partial charge in [0.15, 0.2) is 0 Å². The second-order valence-corrected chi connectivity index (χ2v) is 20.4. The lowest BCUT2D eigenvalue weighted by Crippen LogP contribution is -2.32. The lowest BCUT2D eigenvalue weighted by Gasteiger charge is -2.22. The molecule has 0 radical (unpaired) electrons. The zero-order valence-corrected chi connectivity index (χ0v) is 45.5. The number of carboxylic acids is 2. The van der Waals surface area contributed by atoms with Crippen molar-refractivity contribution in [2.24, 2.45) is 0 Å². The summed E-state index contributed by atoms with van der Waals surface area (Å²) >= 11 is 0. The fourth-order valence-electron chi connectivity index (χ4n) is 10.4. The van der Waals surface area contributed by atoms with Gasteiger partial charge in [-0.3, -0.25) is 0 Å². The standard InChI is InChI=1S/2C32H24F3N5O3/c2*33-24-12-19(17-36)6-7-21(24)18-43-31-5-3-4-27(38-31)23-16-25(34)22(13-26(23)35)15-30-37-28-9-8-20(32(41)42)14-29(28)40(30)39-10-1-2-11-39/h2*3-9,12-14,16H,1-2,10-11,15,18H2,(H,41,42). The summed E-state index contributed by atoms with van der Waals surface area (Å²) in [4.78, 5) is 41.0. The molecule has 16 nitrogen and oxygen atoms in total. The highest BCUT2D eigenvalue weighted by Crippen LogP contribution is 2.32. The van der Waals surface area contributed by atoms with Crippen LogP contribution in [0.5, 0.6) is 11.8 Å². The number of rotatable bonds is 16. The van der Waals surface area contributed by atoms with Crippen molar-refractivity contribution in [3.8, 4) is 46.4 Å². The fraction of sp³-hybridized carbons (Fsp3) is 0.188. The minimum atomic E-state index is -1.06. The van der Waals surface area contributed by atoms with Crippen LogP contribution >= 0.6 is 0 Å². The summed E-state index contributed by atoms with van der Waals surface area (Å²) in [5.74, 6) is -4.92. The van der Waals surface area contributed by atoms with Crippen molar-refractivity contribution in [1.29, 1.82) is 10.5 Å². The molecule has 4 aromatic heterocycles. The number of hydrogen-bond donors (Lipinski definition) is 2. The maximum Gasteiger partial charge on any atom is 0.335 e. The number of nitriles is 2. The van der Waals surface area contributed by atoms with Crippen LogP contribution in [0.2, 0.25) is 0 Å². The molecule has 0 unspecified atom stereocenters. The number of hydrogen-bond acceptors (Lipinski definition) is 12. The average Bonchev–Trinajstić information content (AvgIpc) is 2.17. The third-order valence-electron chi connectivity index (χ3n) is 14.7. The molecule has 2 aliphatic heterocycles. The third kappa shape index (κ3) is 12.2. The van der Waals surface area contributed by atoms with Crippen LogP contribution in [0.4, 0.5) is 26.3 Å². The molecular formula is C64H48F6N10O6. The lowest BCUT2D eigenvalue weighted by molar-refractivity contribution is 0.0686. The van der Waals surface area contributed by atoms with Crippen LogP contribution in [0, 0.1) is 57.6 Å². The predicted octanol–water partition coefficient (Wildman–Crippen LogP) is 12.0. The first-order valence-corrected chi connectivity index (χ1v) is 27.1. The summed E-state index contributed by atoms with van der Waals surface area (Å²) in [6.45, 7) is 2.58. The van der Waals surface area contributed by atoms with Crippen molar-refractivity contribution in [1.82, 2.24) is 29.3 Å². The molecule has 86 heavy (non-hydrogen) atoms. The Morgan fingerprint density at radius 2 is 0.860 bits per heavy atom. The van der Waals surface area contributed by atoms with Gasteiger partial charge in [0.2, 0.25) is 11.8 Å². The van der Waals surface area contributed by atoms with Crippen LogP contribution in [0.1, 0.15) is 91.4 Å². The molecule has 22 heteroatoms. The van der Waals surface area contributed by atoms with Gasteiger partial charge in [-0.2, -0.15) is 10.5 Å². The van der Waals surface area contributed by atoms with Gasteiger partial charge in [0.05, 0.1) is 67.8 Å². The Morgan fingerprint density at radius 1 is 0.465 bits per heavy atom. The van der Waals surface area contributed by atoms with Gasteiger partial charge in [0, 0.05) is 73.4 Å². The van der Waals surface area contributed by atoms with E-state index in [1.54, 1.807) is 36.4 Å². The van der Waals surface area contributed by atoms with Gasteiger partial charge in [0.25, 0.3) is 0 Å². The predicted molar refractivity (Wildman–Crippen MR) is 303 cm³/mol. The molecule has 0 atom stereocenters. The Balaban J connectivity index is 0.000000179. The van der Waals surface area contributed by atoms with E-state index in [9.17, 15) is 28.6 Å². The number of imidazole rings is 2. The largest absolute Gasteiger partial charge is 0.478 e. The van der Waals surface area contributed by atoms with Crippen LogP contribution in [0.25, 0.3) is 44.6 Å². The molecule has 0 amide bonds. The topological polar surface area (TPSA) is 209 Å². The molecule has 2 fully saturated rings. The summed E-state index contributed by atoms with van der Waals surface area (Å²) in [5, 5.41) is 40.9. The van der Waals surface area contributed by atoms with E-state index in [2.05, 4.69) is 19.9 Å². The highest BCUT2D eigenvalue weighted by Gasteiger charge is 2.26. The molecule has 6 aromatic carbocycles. The molecule has 0 spiro atoms. The van der Waals surface area contributed by atoms with E-state index in [-0.39, 0.29) is 105 Å². The number of halogens is 6. The first kappa shape index (κ1) is 57.1. The number of aromatic carboxylic acids is 2. The highest BCUT2D eigenvalue weighted by molar-refractivity contribution is 5.93. The number of benzene rings is 6. The highest BCUT2D eigenvalue weighted by atomic mass is 19.1. The van der Waals surface area contributed by atoms with E-state index < -0.39 is 46.8 Å². The number of carboxylic acid groups (broad SMARTS) is 2.